The van der Waals surface area contributed by atoms with Gasteiger partial charge in [-0.15, -0.1) is 0 Å². The predicted molar refractivity (Wildman–Crippen MR) is 108 cm³/mol. The summed E-state index contributed by atoms with van der Waals surface area (Å²) in [5, 5.41) is 0.731. The molecule has 1 aromatic rings. The molecule has 0 radical (unpaired) electrons. The number of sulfonamides is 1. The molecule has 7 nitrogen and oxygen atoms in total. The topological polar surface area (TPSA) is 90.0 Å². The number of hydrogen-bond acceptors (Lipinski definition) is 7. The number of amides is 1. The van der Waals surface area contributed by atoms with E-state index in [0.29, 0.717) is 4.31 Å². The zero-order chi connectivity index (χ0) is 21.0. The van der Waals surface area contributed by atoms with Crippen molar-refractivity contribution in [3.63, 3.8) is 0 Å². The fraction of sp³-hybridized carbons (Fsp3) is 0.474. The summed E-state index contributed by atoms with van der Waals surface area (Å²) in [6, 6.07) is 9.27. The Morgan fingerprint density at radius 1 is 1.21 bits per heavy atom. The largest absolute Gasteiger partial charge is 0.443 e. The SMILES string of the molecule is CSC[C@@]1(COCc2ccccc2)C(=O)C=CS(=O)(=O)N1C(=O)OC(C)(C)C. The first-order valence-corrected chi connectivity index (χ1v) is 11.5. The Morgan fingerprint density at radius 3 is 2.43 bits per heavy atom. The third kappa shape index (κ3) is 5.15. The van der Waals surface area contributed by atoms with Gasteiger partial charge in [-0.05, 0) is 38.7 Å². The lowest BCUT2D eigenvalue weighted by Crippen LogP contribution is -2.65. The van der Waals surface area contributed by atoms with Gasteiger partial charge in [0, 0.05) is 5.75 Å². The summed E-state index contributed by atoms with van der Waals surface area (Å²) in [5.74, 6) is -0.473. The molecule has 0 unspecified atom stereocenters. The number of hydrogen-bond donors (Lipinski definition) is 0. The third-order valence-corrected chi connectivity index (χ3v) is 6.14. The van der Waals surface area contributed by atoms with Crippen molar-refractivity contribution in [2.45, 2.75) is 38.5 Å². The third-order valence-electron chi connectivity index (χ3n) is 3.89. The highest BCUT2D eigenvalue weighted by molar-refractivity contribution is 7.98. The van der Waals surface area contributed by atoms with E-state index in [4.69, 9.17) is 9.47 Å². The first kappa shape index (κ1) is 22.4. The summed E-state index contributed by atoms with van der Waals surface area (Å²) in [6.45, 7) is 4.78. The van der Waals surface area contributed by atoms with Crippen LogP contribution in [-0.4, -0.2) is 54.4 Å². The van der Waals surface area contributed by atoms with E-state index < -0.39 is 33.0 Å². The van der Waals surface area contributed by atoms with Crippen molar-refractivity contribution in [3.8, 4) is 0 Å². The lowest BCUT2D eigenvalue weighted by molar-refractivity contribution is -0.126. The molecule has 1 heterocycles. The molecular weight excluding hydrogens is 402 g/mol. The van der Waals surface area contributed by atoms with E-state index in [0.717, 1.165) is 17.0 Å². The van der Waals surface area contributed by atoms with E-state index in [2.05, 4.69) is 0 Å². The van der Waals surface area contributed by atoms with Crippen molar-refractivity contribution in [2.75, 3.05) is 18.6 Å². The molecule has 0 saturated heterocycles. The van der Waals surface area contributed by atoms with E-state index in [9.17, 15) is 18.0 Å². The smallest absolute Gasteiger partial charge is 0.425 e. The van der Waals surface area contributed by atoms with Gasteiger partial charge in [0.1, 0.15) is 5.60 Å². The van der Waals surface area contributed by atoms with Crippen LogP contribution in [0, 0.1) is 0 Å². The number of rotatable bonds is 6. The highest BCUT2D eigenvalue weighted by atomic mass is 32.2. The molecule has 0 aromatic heterocycles. The summed E-state index contributed by atoms with van der Waals surface area (Å²) in [6.07, 6.45) is 1.62. The summed E-state index contributed by atoms with van der Waals surface area (Å²) in [5.41, 5.74) is -1.76. The van der Waals surface area contributed by atoms with Crippen LogP contribution in [0.15, 0.2) is 41.8 Å². The van der Waals surface area contributed by atoms with Crippen molar-refractivity contribution in [3.05, 3.63) is 47.4 Å². The summed E-state index contributed by atoms with van der Waals surface area (Å²) in [4.78, 5) is 25.6. The van der Waals surface area contributed by atoms with Crippen LogP contribution < -0.4 is 0 Å². The molecule has 1 amide bonds. The second kappa shape index (κ2) is 8.67. The van der Waals surface area contributed by atoms with Crippen molar-refractivity contribution in [2.24, 2.45) is 0 Å². The Kier molecular flexibility index (Phi) is 6.95. The highest BCUT2D eigenvalue weighted by Gasteiger charge is 2.54. The molecular formula is C19H25NO6S2. The number of nitrogens with zero attached hydrogens (tertiary/aromatic N) is 1. The lowest BCUT2D eigenvalue weighted by Gasteiger charge is -2.41. The monoisotopic (exact) mass is 427 g/mol. The van der Waals surface area contributed by atoms with E-state index in [1.165, 1.54) is 11.8 Å². The van der Waals surface area contributed by atoms with Crippen LogP contribution in [0.4, 0.5) is 4.79 Å². The number of ether oxygens (including phenoxy) is 2. The maximum atomic E-state index is 12.8. The minimum absolute atomic E-state index is 0.0451. The molecule has 0 fully saturated rings. The second-order valence-corrected chi connectivity index (χ2v) is 9.93. The standard InChI is InChI=1S/C19H25NO6S2/c1-18(2,3)26-17(22)20-19(14-27-4,16(21)10-11-28(20,23)24)13-25-12-15-8-6-5-7-9-15/h5-11H,12-14H2,1-4H3/t19-/m0/s1. The van der Waals surface area contributed by atoms with Crippen molar-refractivity contribution >= 4 is 33.7 Å². The molecule has 2 rings (SSSR count). The minimum atomic E-state index is -4.19. The number of carbonyl (C=O) groups is 2. The maximum absolute atomic E-state index is 12.8. The van der Waals surface area contributed by atoms with E-state index >= 15 is 0 Å². The van der Waals surface area contributed by atoms with E-state index in [-0.39, 0.29) is 19.0 Å². The molecule has 1 aliphatic rings. The van der Waals surface area contributed by atoms with Crippen LogP contribution in [0.2, 0.25) is 0 Å². The lowest BCUT2D eigenvalue weighted by atomic mass is 9.97. The predicted octanol–water partition coefficient (Wildman–Crippen LogP) is 2.97. The Morgan fingerprint density at radius 2 is 1.86 bits per heavy atom. The fourth-order valence-corrected chi connectivity index (χ4v) is 5.01. The van der Waals surface area contributed by atoms with Gasteiger partial charge in [-0.2, -0.15) is 16.1 Å². The van der Waals surface area contributed by atoms with Gasteiger partial charge < -0.3 is 9.47 Å². The number of carbonyl (C=O) groups excluding carboxylic acids is 2. The normalized spacial score (nSPS) is 21.6. The molecule has 0 spiro atoms. The summed E-state index contributed by atoms with van der Waals surface area (Å²) < 4.78 is 36.9. The maximum Gasteiger partial charge on any atom is 0.425 e. The molecule has 0 N–H and O–H groups in total. The quantitative estimate of drug-likeness (QED) is 0.689. The van der Waals surface area contributed by atoms with Crippen LogP contribution in [0.1, 0.15) is 26.3 Å². The Hall–Kier alpha value is -1.84. The van der Waals surface area contributed by atoms with Crippen LogP contribution >= 0.6 is 11.8 Å². The van der Waals surface area contributed by atoms with Crippen LogP contribution in [-0.2, 0) is 30.9 Å². The molecule has 1 atom stereocenters. The van der Waals surface area contributed by atoms with Gasteiger partial charge in [0.05, 0.1) is 18.6 Å². The molecule has 0 saturated carbocycles. The van der Waals surface area contributed by atoms with Gasteiger partial charge in [0.25, 0.3) is 10.0 Å². The zero-order valence-electron chi connectivity index (χ0n) is 16.4. The van der Waals surface area contributed by atoms with Crippen LogP contribution in [0.25, 0.3) is 0 Å². The van der Waals surface area contributed by atoms with Gasteiger partial charge in [-0.1, -0.05) is 30.3 Å². The van der Waals surface area contributed by atoms with Gasteiger partial charge in [-0.3, -0.25) is 4.79 Å². The minimum Gasteiger partial charge on any atom is -0.443 e. The van der Waals surface area contributed by atoms with Crippen LogP contribution in [0.5, 0.6) is 0 Å². The molecule has 0 bridgehead atoms. The van der Waals surface area contributed by atoms with Crippen LogP contribution in [0.3, 0.4) is 0 Å². The van der Waals surface area contributed by atoms with Crippen molar-refractivity contribution in [1.82, 2.24) is 4.31 Å². The van der Waals surface area contributed by atoms with Gasteiger partial charge in [0.2, 0.25) is 0 Å². The number of ketones is 1. The van der Waals surface area contributed by atoms with Gasteiger partial charge in [0.15, 0.2) is 11.3 Å². The first-order chi connectivity index (χ1) is 13.0. The van der Waals surface area contributed by atoms with E-state index in [1.54, 1.807) is 27.0 Å². The molecule has 1 aliphatic heterocycles. The fourth-order valence-electron chi connectivity index (χ4n) is 2.74. The van der Waals surface area contributed by atoms with E-state index in [1.807, 2.05) is 30.3 Å². The second-order valence-electron chi connectivity index (χ2n) is 7.40. The zero-order valence-corrected chi connectivity index (χ0v) is 18.0. The average Bonchev–Trinajstić information content (AvgIpc) is 2.58. The summed E-state index contributed by atoms with van der Waals surface area (Å²) in [7, 11) is -4.19. The average molecular weight is 428 g/mol. The highest BCUT2D eigenvalue weighted by Crippen LogP contribution is 2.32. The molecule has 154 valence electrons. The number of thioether (sulfide) groups is 1. The molecule has 9 heteroatoms. The Balaban J connectivity index is 2.38. The Bertz CT molecular complexity index is 845. The summed E-state index contributed by atoms with van der Waals surface area (Å²) >= 11 is 1.25. The van der Waals surface area contributed by atoms with Gasteiger partial charge in [-0.25, -0.2) is 13.2 Å². The molecule has 1 aromatic carbocycles. The Labute approximate surface area is 170 Å². The first-order valence-electron chi connectivity index (χ1n) is 8.63. The number of benzene rings is 1. The van der Waals surface area contributed by atoms with Gasteiger partial charge >= 0.3 is 6.09 Å². The van der Waals surface area contributed by atoms with Crippen molar-refractivity contribution in [1.29, 1.82) is 0 Å². The molecule has 28 heavy (non-hydrogen) atoms. The molecule has 0 aliphatic carbocycles. The van der Waals surface area contributed by atoms with Crippen molar-refractivity contribution < 1.29 is 27.5 Å².